The van der Waals surface area contributed by atoms with Crippen LogP contribution >= 0.6 is 23.1 Å². The summed E-state index contributed by atoms with van der Waals surface area (Å²) >= 11 is 3.52. The van der Waals surface area contributed by atoms with E-state index < -0.39 is 0 Å². The molecule has 32 heavy (non-hydrogen) atoms. The van der Waals surface area contributed by atoms with E-state index in [1.807, 2.05) is 23.5 Å². The molecule has 2 aromatic heterocycles. The molecule has 0 bridgehead atoms. The second kappa shape index (κ2) is 10.5. The largest absolute Gasteiger partial charge is 0.376 e. The Morgan fingerprint density at radius 3 is 2.66 bits per heavy atom. The first-order chi connectivity index (χ1) is 15.7. The van der Waals surface area contributed by atoms with Crippen LogP contribution in [0.5, 0.6) is 0 Å². The number of thiophene rings is 1. The van der Waals surface area contributed by atoms with Gasteiger partial charge in [0.2, 0.25) is 0 Å². The fourth-order valence-corrected chi connectivity index (χ4v) is 6.23. The third-order valence-electron chi connectivity index (χ3n) is 6.35. The van der Waals surface area contributed by atoms with Crippen LogP contribution in [0.3, 0.4) is 0 Å². The second-order valence-corrected chi connectivity index (χ2v) is 10.6. The van der Waals surface area contributed by atoms with E-state index in [1.54, 1.807) is 11.8 Å². The van der Waals surface area contributed by atoms with Gasteiger partial charge in [-0.25, -0.2) is 4.39 Å². The van der Waals surface area contributed by atoms with Gasteiger partial charge in [-0.3, -0.25) is 4.90 Å². The standard InChI is InChI=1S/C24H29FN4OS2/c25-20-7-5-18(6-8-20)17-32-24-27-26-23(29(24)15-21-3-1-13-30-21)19-9-11-28(12-10-19)16-22-4-2-14-31-22/h2,4-8,14,19,21H,1,3,9-13,15-17H2. The Bertz CT molecular complexity index is 978. The molecular weight excluding hydrogens is 443 g/mol. The van der Waals surface area contributed by atoms with Crippen LogP contribution < -0.4 is 0 Å². The molecule has 0 spiro atoms. The molecule has 2 aliphatic heterocycles. The van der Waals surface area contributed by atoms with Crippen molar-refractivity contribution in [3.63, 3.8) is 0 Å². The first-order valence-corrected chi connectivity index (χ1v) is 13.3. The van der Waals surface area contributed by atoms with Gasteiger partial charge in [0.25, 0.3) is 0 Å². The molecule has 2 saturated heterocycles. The number of aromatic nitrogens is 3. The predicted molar refractivity (Wildman–Crippen MR) is 127 cm³/mol. The van der Waals surface area contributed by atoms with Crippen molar-refractivity contribution >= 4 is 23.1 Å². The van der Waals surface area contributed by atoms with E-state index in [0.29, 0.717) is 5.92 Å². The van der Waals surface area contributed by atoms with Crippen molar-refractivity contribution in [2.45, 2.75) is 61.7 Å². The summed E-state index contributed by atoms with van der Waals surface area (Å²) in [7, 11) is 0. The molecule has 0 saturated carbocycles. The number of hydrogen-bond donors (Lipinski definition) is 0. The average molecular weight is 473 g/mol. The van der Waals surface area contributed by atoms with Crippen LogP contribution in [0.1, 0.15) is 47.9 Å². The van der Waals surface area contributed by atoms with Crippen LogP contribution in [0.2, 0.25) is 0 Å². The van der Waals surface area contributed by atoms with Gasteiger partial charge in [-0.15, -0.1) is 21.5 Å². The van der Waals surface area contributed by atoms with Crippen molar-refractivity contribution in [3.8, 4) is 0 Å². The van der Waals surface area contributed by atoms with Crippen molar-refractivity contribution in [3.05, 3.63) is 63.9 Å². The smallest absolute Gasteiger partial charge is 0.191 e. The zero-order valence-corrected chi connectivity index (χ0v) is 19.8. The molecule has 170 valence electrons. The fourth-order valence-electron chi connectivity index (χ4n) is 4.57. The summed E-state index contributed by atoms with van der Waals surface area (Å²) in [6.45, 7) is 4.90. The molecule has 1 atom stereocenters. The molecule has 1 unspecified atom stereocenters. The van der Waals surface area contributed by atoms with E-state index in [4.69, 9.17) is 4.74 Å². The second-order valence-electron chi connectivity index (χ2n) is 8.63. The lowest BCUT2D eigenvalue weighted by atomic mass is 9.95. The third kappa shape index (κ3) is 5.42. The van der Waals surface area contributed by atoms with Gasteiger partial charge in [-0.1, -0.05) is 30.0 Å². The molecule has 1 aromatic carbocycles. The Balaban J connectivity index is 1.27. The van der Waals surface area contributed by atoms with Crippen LogP contribution in [0.25, 0.3) is 0 Å². The molecule has 4 heterocycles. The molecule has 5 nitrogen and oxygen atoms in total. The molecule has 5 rings (SSSR count). The normalized spacial score (nSPS) is 20.2. The highest BCUT2D eigenvalue weighted by molar-refractivity contribution is 7.98. The number of rotatable bonds is 8. The maximum atomic E-state index is 13.2. The summed E-state index contributed by atoms with van der Waals surface area (Å²) in [5.74, 6) is 2.10. The molecule has 0 radical (unpaired) electrons. The van der Waals surface area contributed by atoms with E-state index >= 15 is 0 Å². The van der Waals surface area contributed by atoms with E-state index in [2.05, 4.69) is 37.2 Å². The quantitative estimate of drug-likeness (QED) is 0.415. The van der Waals surface area contributed by atoms with Crippen LogP contribution in [-0.2, 0) is 23.6 Å². The first kappa shape index (κ1) is 22.1. The van der Waals surface area contributed by atoms with Gasteiger partial charge >= 0.3 is 0 Å². The number of nitrogens with zero attached hydrogens (tertiary/aromatic N) is 4. The summed E-state index contributed by atoms with van der Waals surface area (Å²) in [5.41, 5.74) is 1.09. The summed E-state index contributed by atoms with van der Waals surface area (Å²) in [6, 6.07) is 11.1. The van der Waals surface area contributed by atoms with Gasteiger partial charge in [-0.05, 0) is 67.9 Å². The molecule has 0 N–H and O–H groups in total. The van der Waals surface area contributed by atoms with Crippen molar-refractivity contribution in [2.24, 2.45) is 0 Å². The summed E-state index contributed by atoms with van der Waals surface area (Å²) in [4.78, 5) is 3.98. The van der Waals surface area contributed by atoms with E-state index in [1.165, 1.54) is 17.0 Å². The summed E-state index contributed by atoms with van der Waals surface area (Å²) in [6.07, 6.45) is 4.68. The minimum Gasteiger partial charge on any atom is -0.376 e. The Hall–Kier alpha value is -1.74. The molecule has 3 aromatic rings. The van der Waals surface area contributed by atoms with Crippen LogP contribution in [0, 0.1) is 5.82 Å². The monoisotopic (exact) mass is 472 g/mol. The van der Waals surface area contributed by atoms with Crippen molar-refractivity contribution in [1.29, 1.82) is 0 Å². The fraction of sp³-hybridized carbons (Fsp3) is 0.500. The number of thioether (sulfide) groups is 1. The molecule has 2 fully saturated rings. The highest BCUT2D eigenvalue weighted by atomic mass is 32.2. The van der Waals surface area contributed by atoms with Crippen molar-refractivity contribution < 1.29 is 9.13 Å². The topological polar surface area (TPSA) is 43.2 Å². The van der Waals surface area contributed by atoms with Crippen LogP contribution in [0.4, 0.5) is 4.39 Å². The number of ether oxygens (including phenoxy) is 1. The van der Waals surface area contributed by atoms with Gasteiger partial charge in [-0.2, -0.15) is 0 Å². The summed E-state index contributed by atoms with van der Waals surface area (Å²) in [5, 5.41) is 12.3. The molecule has 0 amide bonds. The average Bonchev–Trinajstić information content (AvgIpc) is 3.58. The lowest BCUT2D eigenvalue weighted by Gasteiger charge is -2.31. The number of hydrogen-bond acceptors (Lipinski definition) is 6. The highest BCUT2D eigenvalue weighted by Gasteiger charge is 2.28. The van der Waals surface area contributed by atoms with Gasteiger partial charge < -0.3 is 9.30 Å². The Kier molecular flexibility index (Phi) is 7.22. The molecular formula is C24H29FN4OS2. The maximum absolute atomic E-state index is 13.2. The lowest BCUT2D eigenvalue weighted by Crippen LogP contribution is -2.33. The van der Waals surface area contributed by atoms with E-state index in [-0.39, 0.29) is 11.9 Å². The Morgan fingerprint density at radius 1 is 1.09 bits per heavy atom. The maximum Gasteiger partial charge on any atom is 0.191 e. The van der Waals surface area contributed by atoms with Crippen molar-refractivity contribution in [2.75, 3.05) is 19.7 Å². The Labute approximate surface area is 197 Å². The zero-order chi connectivity index (χ0) is 21.8. The number of halogens is 1. The SMILES string of the molecule is Fc1ccc(CSc2nnc(C3CCN(Cc4cccs4)CC3)n2CC2CCCO2)cc1. The highest BCUT2D eigenvalue weighted by Crippen LogP contribution is 2.32. The molecule has 8 heteroatoms. The van der Waals surface area contributed by atoms with Gasteiger partial charge in [0, 0.05) is 29.7 Å². The molecule has 0 aliphatic carbocycles. The third-order valence-corrected chi connectivity index (χ3v) is 8.25. The van der Waals surface area contributed by atoms with E-state index in [0.717, 1.165) is 80.8 Å². The van der Waals surface area contributed by atoms with Crippen molar-refractivity contribution in [1.82, 2.24) is 19.7 Å². The summed E-state index contributed by atoms with van der Waals surface area (Å²) < 4.78 is 21.5. The number of benzene rings is 1. The number of piperidine rings is 1. The Morgan fingerprint density at radius 2 is 1.94 bits per heavy atom. The van der Waals surface area contributed by atoms with Crippen LogP contribution in [-0.4, -0.2) is 45.5 Å². The predicted octanol–water partition coefficient (Wildman–Crippen LogP) is 5.33. The van der Waals surface area contributed by atoms with Crippen LogP contribution in [0.15, 0.2) is 46.9 Å². The lowest BCUT2D eigenvalue weighted by molar-refractivity contribution is 0.0931. The minimum atomic E-state index is -0.201. The molecule has 2 aliphatic rings. The van der Waals surface area contributed by atoms with Gasteiger partial charge in [0.15, 0.2) is 5.16 Å². The van der Waals surface area contributed by atoms with Gasteiger partial charge in [0.05, 0.1) is 12.6 Å². The first-order valence-electron chi connectivity index (χ1n) is 11.4. The van der Waals surface area contributed by atoms with Gasteiger partial charge in [0.1, 0.15) is 11.6 Å². The zero-order valence-electron chi connectivity index (χ0n) is 18.2. The minimum absolute atomic E-state index is 0.201. The number of likely N-dealkylation sites (tertiary alicyclic amines) is 1. The van der Waals surface area contributed by atoms with E-state index in [9.17, 15) is 4.39 Å².